The van der Waals surface area contributed by atoms with E-state index in [1.165, 1.54) is 0 Å². The number of Topliss-reactive ketones (excluding diaryl/α,β-unsaturated/α-hetero) is 1. The molecule has 1 heterocycles. The molecule has 1 aliphatic heterocycles. The summed E-state index contributed by atoms with van der Waals surface area (Å²) in [6.07, 6.45) is 1.72. The Labute approximate surface area is 83.2 Å². The van der Waals surface area contributed by atoms with Gasteiger partial charge in [0.1, 0.15) is 11.7 Å². The van der Waals surface area contributed by atoms with Gasteiger partial charge in [0.15, 0.2) is 0 Å². The van der Waals surface area contributed by atoms with E-state index in [9.17, 15) is 9.59 Å². The third-order valence-electron chi connectivity index (χ3n) is 2.67. The van der Waals surface area contributed by atoms with Gasteiger partial charge >= 0.3 is 5.97 Å². The molecule has 0 aliphatic carbocycles. The maximum Gasteiger partial charge on any atom is 0.314 e. The average molecular weight is 200 g/mol. The lowest BCUT2D eigenvalue weighted by molar-refractivity contribution is -0.148. The van der Waals surface area contributed by atoms with Crippen LogP contribution in [0, 0.1) is 11.8 Å². The summed E-state index contributed by atoms with van der Waals surface area (Å²) in [4.78, 5) is 22.5. The molecule has 4 nitrogen and oxygen atoms in total. The van der Waals surface area contributed by atoms with E-state index in [0.717, 1.165) is 0 Å². The standard InChI is InChI=1S/C10H16O4/c1-2-8(10(12)13)9(11)7-3-5-14-6-4-7/h7-8H,2-6H2,1H3,(H,12,13). The van der Waals surface area contributed by atoms with Crippen LogP contribution >= 0.6 is 0 Å². The van der Waals surface area contributed by atoms with E-state index in [1.807, 2.05) is 0 Å². The summed E-state index contributed by atoms with van der Waals surface area (Å²) in [6, 6.07) is 0. The summed E-state index contributed by atoms with van der Waals surface area (Å²) in [6.45, 7) is 2.88. The van der Waals surface area contributed by atoms with Crippen molar-refractivity contribution in [2.75, 3.05) is 13.2 Å². The van der Waals surface area contributed by atoms with Crippen molar-refractivity contribution in [3.63, 3.8) is 0 Å². The van der Waals surface area contributed by atoms with Gasteiger partial charge in [-0.1, -0.05) is 6.92 Å². The molecular formula is C10H16O4. The molecule has 1 rings (SSSR count). The predicted molar refractivity (Wildman–Crippen MR) is 50.0 cm³/mol. The topological polar surface area (TPSA) is 63.6 Å². The summed E-state index contributed by atoms with van der Waals surface area (Å²) in [5.74, 6) is -2.05. The van der Waals surface area contributed by atoms with Crippen LogP contribution in [0.4, 0.5) is 0 Å². The quantitative estimate of drug-likeness (QED) is 0.690. The van der Waals surface area contributed by atoms with Gasteiger partial charge in [0.05, 0.1) is 0 Å². The molecular weight excluding hydrogens is 184 g/mol. The Morgan fingerprint density at radius 1 is 1.43 bits per heavy atom. The van der Waals surface area contributed by atoms with Crippen LogP contribution in [-0.2, 0) is 14.3 Å². The van der Waals surface area contributed by atoms with Crippen molar-refractivity contribution in [3.8, 4) is 0 Å². The Morgan fingerprint density at radius 3 is 2.43 bits per heavy atom. The number of carbonyl (C=O) groups is 2. The normalized spacial score (nSPS) is 20.4. The van der Waals surface area contributed by atoms with Crippen LogP contribution in [0.2, 0.25) is 0 Å². The van der Waals surface area contributed by atoms with Crippen molar-refractivity contribution in [1.82, 2.24) is 0 Å². The first-order chi connectivity index (χ1) is 6.66. The highest BCUT2D eigenvalue weighted by atomic mass is 16.5. The smallest absolute Gasteiger partial charge is 0.314 e. The molecule has 0 spiro atoms. The molecule has 0 aromatic rings. The minimum Gasteiger partial charge on any atom is -0.481 e. The third kappa shape index (κ3) is 2.54. The molecule has 1 N–H and O–H groups in total. The van der Waals surface area contributed by atoms with Crippen molar-refractivity contribution < 1.29 is 19.4 Å². The number of ether oxygens (including phenoxy) is 1. The van der Waals surface area contributed by atoms with Crippen molar-refractivity contribution in [2.24, 2.45) is 11.8 Å². The fourth-order valence-corrected chi connectivity index (χ4v) is 1.76. The number of aliphatic carboxylic acids is 1. The summed E-state index contributed by atoms with van der Waals surface area (Å²) < 4.78 is 5.12. The lowest BCUT2D eigenvalue weighted by atomic mass is 9.86. The first kappa shape index (κ1) is 11.2. The second-order valence-electron chi connectivity index (χ2n) is 3.59. The summed E-state index contributed by atoms with van der Waals surface area (Å²) in [7, 11) is 0. The number of carboxylic acid groups (broad SMARTS) is 1. The fourth-order valence-electron chi connectivity index (χ4n) is 1.76. The number of hydrogen-bond acceptors (Lipinski definition) is 3. The molecule has 1 atom stereocenters. The average Bonchev–Trinajstić information content (AvgIpc) is 2.19. The van der Waals surface area contributed by atoms with Crippen LogP contribution in [0.3, 0.4) is 0 Å². The molecule has 1 saturated heterocycles. The van der Waals surface area contributed by atoms with Gasteiger partial charge < -0.3 is 9.84 Å². The van der Waals surface area contributed by atoms with Gasteiger partial charge in [-0.2, -0.15) is 0 Å². The van der Waals surface area contributed by atoms with Crippen molar-refractivity contribution in [3.05, 3.63) is 0 Å². The van der Waals surface area contributed by atoms with Gasteiger partial charge in [-0.15, -0.1) is 0 Å². The van der Waals surface area contributed by atoms with Crippen LogP contribution in [0.25, 0.3) is 0 Å². The number of carbonyl (C=O) groups excluding carboxylic acids is 1. The second-order valence-corrected chi connectivity index (χ2v) is 3.59. The van der Waals surface area contributed by atoms with E-state index in [-0.39, 0.29) is 11.7 Å². The highest BCUT2D eigenvalue weighted by molar-refractivity contribution is 5.99. The third-order valence-corrected chi connectivity index (χ3v) is 2.67. The Balaban J connectivity index is 2.56. The zero-order valence-corrected chi connectivity index (χ0v) is 8.36. The number of carboxylic acids is 1. The van der Waals surface area contributed by atoms with Crippen molar-refractivity contribution in [1.29, 1.82) is 0 Å². The van der Waals surface area contributed by atoms with Crippen LogP contribution in [0.15, 0.2) is 0 Å². The highest BCUT2D eigenvalue weighted by Gasteiger charge is 2.31. The minimum absolute atomic E-state index is 0.107. The SMILES string of the molecule is CCC(C(=O)O)C(=O)C1CCOCC1. The van der Waals surface area contributed by atoms with Gasteiger partial charge in [-0.3, -0.25) is 9.59 Å². The number of rotatable bonds is 4. The zero-order chi connectivity index (χ0) is 10.6. The van der Waals surface area contributed by atoms with Crippen molar-refractivity contribution >= 4 is 11.8 Å². The molecule has 0 aromatic heterocycles. The van der Waals surface area contributed by atoms with Gasteiger partial charge in [0.25, 0.3) is 0 Å². The first-order valence-electron chi connectivity index (χ1n) is 5.01. The minimum atomic E-state index is -0.996. The van der Waals surface area contributed by atoms with E-state index in [0.29, 0.717) is 32.5 Å². The Hall–Kier alpha value is -0.900. The predicted octanol–water partition coefficient (Wildman–Crippen LogP) is 1.09. The monoisotopic (exact) mass is 200 g/mol. The molecule has 0 bridgehead atoms. The summed E-state index contributed by atoms with van der Waals surface area (Å²) in [5, 5.41) is 8.82. The molecule has 4 heteroatoms. The molecule has 14 heavy (non-hydrogen) atoms. The molecule has 1 unspecified atom stereocenters. The van der Waals surface area contributed by atoms with Gasteiger partial charge in [-0.05, 0) is 19.3 Å². The van der Waals surface area contributed by atoms with Crippen LogP contribution in [0.1, 0.15) is 26.2 Å². The maximum absolute atomic E-state index is 11.7. The Kier molecular flexibility index (Phi) is 4.07. The van der Waals surface area contributed by atoms with E-state index < -0.39 is 11.9 Å². The van der Waals surface area contributed by atoms with Gasteiger partial charge in [0.2, 0.25) is 0 Å². The fraction of sp³-hybridized carbons (Fsp3) is 0.800. The van der Waals surface area contributed by atoms with Crippen LogP contribution in [-0.4, -0.2) is 30.1 Å². The molecule has 0 aromatic carbocycles. The summed E-state index contributed by atoms with van der Waals surface area (Å²) >= 11 is 0. The molecule has 1 fully saturated rings. The van der Waals surface area contributed by atoms with Crippen LogP contribution in [0.5, 0.6) is 0 Å². The van der Waals surface area contributed by atoms with E-state index in [2.05, 4.69) is 0 Å². The largest absolute Gasteiger partial charge is 0.481 e. The van der Waals surface area contributed by atoms with Gasteiger partial charge in [-0.25, -0.2) is 0 Å². The number of ketones is 1. The Morgan fingerprint density at radius 2 is 2.00 bits per heavy atom. The maximum atomic E-state index is 11.7. The molecule has 1 aliphatic rings. The van der Waals surface area contributed by atoms with E-state index in [4.69, 9.17) is 9.84 Å². The summed E-state index contributed by atoms with van der Waals surface area (Å²) in [5.41, 5.74) is 0. The molecule has 80 valence electrons. The zero-order valence-electron chi connectivity index (χ0n) is 8.36. The highest BCUT2D eigenvalue weighted by Crippen LogP contribution is 2.21. The lowest BCUT2D eigenvalue weighted by Crippen LogP contribution is -2.32. The number of hydrogen-bond donors (Lipinski definition) is 1. The molecule has 0 amide bonds. The first-order valence-corrected chi connectivity index (χ1v) is 5.01. The Bertz CT molecular complexity index is 218. The van der Waals surface area contributed by atoms with Crippen molar-refractivity contribution in [2.45, 2.75) is 26.2 Å². The lowest BCUT2D eigenvalue weighted by Gasteiger charge is -2.23. The van der Waals surface area contributed by atoms with Gasteiger partial charge in [0, 0.05) is 19.1 Å². The van der Waals surface area contributed by atoms with E-state index >= 15 is 0 Å². The van der Waals surface area contributed by atoms with E-state index in [1.54, 1.807) is 6.92 Å². The van der Waals surface area contributed by atoms with Crippen LogP contribution < -0.4 is 0 Å². The molecule has 0 saturated carbocycles. The molecule has 0 radical (unpaired) electrons. The second kappa shape index (κ2) is 5.10.